The first-order chi connectivity index (χ1) is 9.79. The topological polar surface area (TPSA) is 49.4 Å². The van der Waals surface area contributed by atoms with Gasteiger partial charge in [0.05, 0.1) is 0 Å². The van der Waals surface area contributed by atoms with Gasteiger partial charge in [0, 0.05) is 19.0 Å². The molecule has 2 rings (SSSR count). The number of nitrogens with zero attached hydrogens (tertiary/aromatic N) is 1. The van der Waals surface area contributed by atoms with E-state index in [1.54, 1.807) is 30.9 Å². The summed E-state index contributed by atoms with van der Waals surface area (Å²) in [5.74, 6) is -0.457. The highest BCUT2D eigenvalue weighted by molar-refractivity contribution is 5.93. The molecule has 1 aromatic rings. The lowest BCUT2D eigenvalue weighted by Crippen LogP contribution is -2.54. The Morgan fingerprint density at radius 3 is 2.52 bits per heavy atom. The van der Waals surface area contributed by atoms with Crippen LogP contribution in [-0.4, -0.2) is 34.8 Å². The molecular weight excluding hydrogens is 271 g/mol. The molecule has 0 radical (unpaired) electrons. The summed E-state index contributed by atoms with van der Waals surface area (Å²) in [5.41, 5.74) is 0.0861. The molecule has 114 valence electrons. The van der Waals surface area contributed by atoms with Crippen molar-refractivity contribution in [3.8, 4) is 0 Å². The standard InChI is InChI=1S/C16H21FN2O2/c1-11(10-12-4-6-13(17)7-5-12)19-9-8-14(20)18-16(2,3)15(19)21/h4-7,11H,8-10H2,1-3H3,(H,18,20). The van der Waals surface area contributed by atoms with Gasteiger partial charge in [-0.1, -0.05) is 12.1 Å². The van der Waals surface area contributed by atoms with Gasteiger partial charge in [0.25, 0.3) is 0 Å². The van der Waals surface area contributed by atoms with Crippen molar-refractivity contribution >= 4 is 11.8 Å². The Morgan fingerprint density at radius 1 is 1.29 bits per heavy atom. The monoisotopic (exact) mass is 292 g/mol. The number of benzene rings is 1. The van der Waals surface area contributed by atoms with Gasteiger partial charge >= 0.3 is 0 Å². The van der Waals surface area contributed by atoms with Gasteiger partial charge < -0.3 is 10.2 Å². The number of halogens is 1. The molecule has 1 atom stereocenters. The normalized spacial score (nSPS) is 19.9. The Kier molecular flexibility index (Phi) is 4.30. The summed E-state index contributed by atoms with van der Waals surface area (Å²) in [6.07, 6.45) is 0.944. The van der Waals surface area contributed by atoms with Crippen LogP contribution in [-0.2, 0) is 16.0 Å². The van der Waals surface area contributed by atoms with Crippen LogP contribution >= 0.6 is 0 Å². The summed E-state index contributed by atoms with van der Waals surface area (Å²) >= 11 is 0. The number of rotatable bonds is 3. The van der Waals surface area contributed by atoms with Gasteiger partial charge in [-0.3, -0.25) is 9.59 Å². The predicted octanol–water partition coefficient (Wildman–Crippen LogP) is 1.88. The van der Waals surface area contributed by atoms with E-state index in [4.69, 9.17) is 0 Å². The molecule has 1 aliphatic heterocycles. The molecule has 21 heavy (non-hydrogen) atoms. The predicted molar refractivity (Wildman–Crippen MR) is 78.1 cm³/mol. The van der Waals surface area contributed by atoms with Crippen LogP contribution < -0.4 is 5.32 Å². The molecule has 2 amide bonds. The van der Waals surface area contributed by atoms with E-state index in [0.29, 0.717) is 19.4 Å². The van der Waals surface area contributed by atoms with Crippen LogP contribution in [0.5, 0.6) is 0 Å². The average molecular weight is 292 g/mol. The highest BCUT2D eigenvalue weighted by Gasteiger charge is 2.38. The van der Waals surface area contributed by atoms with Crippen molar-refractivity contribution in [3.05, 3.63) is 35.6 Å². The zero-order chi connectivity index (χ0) is 15.6. The fourth-order valence-electron chi connectivity index (χ4n) is 2.64. The lowest BCUT2D eigenvalue weighted by molar-refractivity contribution is -0.139. The molecule has 5 heteroatoms. The fraction of sp³-hybridized carbons (Fsp3) is 0.500. The molecule has 4 nitrogen and oxygen atoms in total. The molecule has 1 fully saturated rings. The first-order valence-electron chi connectivity index (χ1n) is 7.16. The van der Waals surface area contributed by atoms with Crippen molar-refractivity contribution in [3.63, 3.8) is 0 Å². The maximum absolute atomic E-state index is 12.9. The lowest BCUT2D eigenvalue weighted by Gasteiger charge is -2.33. The van der Waals surface area contributed by atoms with E-state index in [-0.39, 0.29) is 23.7 Å². The van der Waals surface area contributed by atoms with E-state index in [0.717, 1.165) is 5.56 Å². The summed E-state index contributed by atoms with van der Waals surface area (Å²) in [6.45, 7) is 5.80. The number of nitrogens with one attached hydrogen (secondary N) is 1. The molecule has 0 spiro atoms. The molecule has 1 aromatic carbocycles. The van der Waals surface area contributed by atoms with Crippen LogP contribution in [0.4, 0.5) is 4.39 Å². The Hall–Kier alpha value is -1.91. The van der Waals surface area contributed by atoms with Crippen LogP contribution in [0.25, 0.3) is 0 Å². The van der Waals surface area contributed by atoms with Crippen LogP contribution in [0.15, 0.2) is 24.3 Å². The number of amides is 2. The largest absolute Gasteiger partial charge is 0.342 e. The van der Waals surface area contributed by atoms with Crippen LogP contribution in [0, 0.1) is 5.82 Å². The van der Waals surface area contributed by atoms with Gasteiger partial charge in [0.2, 0.25) is 11.8 Å². The quantitative estimate of drug-likeness (QED) is 0.925. The molecule has 1 heterocycles. The first-order valence-corrected chi connectivity index (χ1v) is 7.16. The molecule has 1 aliphatic rings. The third-order valence-corrected chi connectivity index (χ3v) is 3.80. The molecule has 1 unspecified atom stereocenters. The second kappa shape index (κ2) is 5.84. The number of hydrogen-bond donors (Lipinski definition) is 1. The molecule has 1 N–H and O–H groups in total. The van der Waals surface area contributed by atoms with Crippen molar-refractivity contribution in [2.75, 3.05) is 6.54 Å². The third-order valence-electron chi connectivity index (χ3n) is 3.80. The van der Waals surface area contributed by atoms with Gasteiger partial charge in [-0.25, -0.2) is 4.39 Å². The van der Waals surface area contributed by atoms with E-state index < -0.39 is 5.54 Å². The zero-order valence-corrected chi connectivity index (χ0v) is 12.6. The van der Waals surface area contributed by atoms with Gasteiger partial charge in [0.15, 0.2) is 0 Å². The van der Waals surface area contributed by atoms with Gasteiger partial charge in [0.1, 0.15) is 11.4 Å². The van der Waals surface area contributed by atoms with E-state index in [2.05, 4.69) is 5.32 Å². The maximum Gasteiger partial charge on any atom is 0.248 e. The molecule has 0 aromatic heterocycles. The van der Waals surface area contributed by atoms with Gasteiger partial charge in [-0.05, 0) is 44.9 Å². The van der Waals surface area contributed by atoms with Gasteiger partial charge in [-0.2, -0.15) is 0 Å². The Bertz CT molecular complexity index is 540. The second-order valence-corrected chi connectivity index (χ2v) is 6.10. The van der Waals surface area contributed by atoms with Crippen LogP contribution in [0.3, 0.4) is 0 Å². The Morgan fingerprint density at radius 2 is 1.90 bits per heavy atom. The summed E-state index contributed by atoms with van der Waals surface area (Å²) in [4.78, 5) is 26.0. The van der Waals surface area contributed by atoms with Crippen molar-refractivity contribution < 1.29 is 14.0 Å². The maximum atomic E-state index is 12.9. The van der Waals surface area contributed by atoms with Crippen molar-refractivity contribution in [1.29, 1.82) is 0 Å². The SMILES string of the molecule is CC(Cc1ccc(F)cc1)N1CCC(=O)NC(C)(C)C1=O. The number of carbonyl (C=O) groups is 2. The van der Waals surface area contributed by atoms with Gasteiger partial charge in [-0.15, -0.1) is 0 Å². The van der Waals surface area contributed by atoms with Crippen LogP contribution in [0.2, 0.25) is 0 Å². The second-order valence-electron chi connectivity index (χ2n) is 6.10. The average Bonchev–Trinajstić information content (AvgIpc) is 2.50. The van der Waals surface area contributed by atoms with E-state index in [1.165, 1.54) is 12.1 Å². The number of carbonyl (C=O) groups excluding carboxylic acids is 2. The summed E-state index contributed by atoms with van der Waals surface area (Å²) in [6, 6.07) is 6.24. The molecule has 1 saturated heterocycles. The van der Waals surface area contributed by atoms with E-state index >= 15 is 0 Å². The summed E-state index contributed by atoms with van der Waals surface area (Å²) in [7, 11) is 0. The first kappa shape index (κ1) is 15.5. The van der Waals surface area contributed by atoms with Crippen molar-refractivity contribution in [2.45, 2.75) is 45.2 Å². The zero-order valence-electron chi connectivity index (χ0n) is 12.6. The molecule has 0 aliphatic carbocycles. The highest BCUT2D eigenvalue weighted by Crippen LogP contribution is 2.18. The van der Waals surface area contributed by atoms with E-state index in [1.807, 2.05) is 6.92 Å². The number of hydrogen-bond acceptors (Lipinski definition) is 2. The minimum absolute atomic E-state index is 0.0464. The highest BCUT2D eigenvalue weighted by atomic mass is 19.1. The van der Waals surface area contributed by atoms with Crippen LogP contribution in [0.1, 0.15) is 32.8 Å². The summed E-state index contributed by atoms with van der Waals surface area (Å²) < 4.78 is 12.9. The van der Waals surface area contributed by atoms with Crippen molar-refractivity contribution in [1.82, 2.24) is 10.2 Å². The summed E-state index contributed by atoms with van der Waals surface area (Å²) in [5, 5.41) is 2.74. The fourth-order valence-corrected chi connectivity index (χ4v) is 2.64. The minimum Gasteiger partial charge on any atom is -0.342 e. The molecule has 0 bridgehead atoms. The van der Waals surface area contributed by atoms with E-state index in [9.17, 15) is 14.0 Å². The Balaban J connectivity index is 2.13. The smallest absolute Gasteiger partial charge is 0.248 e. The third kappa shape index (κ3) is 3.60. The molecule has 0 saturated carbocycles. The lowest BCUT2D eigenvalue weighted by atomic mass is 10.0. The van der Waals surface area contributed by atoms with Crippen molar-refractivity contribution in [2.24, 2.45) is 0 Å². The minimum atomic E-state index is -0.884. The molecular formula is C16H21FN2O2. The Labute approximate surface area is 124 Å².